The molecule has 1 atom stereocenters. The molecule has 4 aromatic rings. The van der Waals surface area contributed by atoms with Crippen molar-refractivity contribution < 1.29 is 4.74 Å². The molecule has 0 spiro atoms. The number of allylic oxidation sites excluding steroid dienone is 1. The van der Waals surface area contributed by atoms with Crippen LogP contribution < -0.4 is 4.74 Å². The molecule has 0 aliphatic carbocycles. The number of pyridine rings is 1. The van der Waals surface area contributed by atoms with Gasteiger partial charge in [-0.05, 0) is 37.0 Å². The van der Waals surface area contributed by atoms with E-state index in [4.69, 9.17) is 9.84 Å². The Labute approximate surface area is 208 Å². The third-order valence-corrected chi connectivity index (χ3v) is 5.92. The van der Waals surface area contributed by atoms with Gasteiger partial charge in [0.05, 0.1) is 24.5 Å². The number of nitrogens with zero attached hydrogens (tertiary/aromatic N) is 5. The number of hydrogen-bond donors (Lipinski definition) is 0. The van der Waals surface area contributed by atoms with Crippen LogP contribution in [0.1, 0.15) is 61.7 Å². The van der Waals surface area contributed by atoms with Crippen molar-refractivity contribution in [1.29, 1.82) is 0 Å². The zero-order valence-corrected chi connectivity index (χ0v) is 21.0. The minimum Gasteiger partial charge on any atom is -0.475 e. The molecule has 0 saturated heterocycles. The van der Waals surface area contributed by atoms with Crippen molar-refractivity contribution in [3.05, 3.63) is 101 Å². The SMILES string of the molecule is CC/C=C/c1cnn(CCC(C)Oc2ccc(Cc3cc(CC)nn3Cc3ccccc3)cn2)c1. The van der Waals surface area contributed by atoms with Crippen LogP contribution in [0, 0.1) is 0 Å². The van der Waals surface area contributed by atoms with Gasteiger partial charge in [0.2, 0.25) is 5.88 Å². The van der Waals surface area contributed by atoms with Crippen molar-refractivity contribution in [3.8, 4) is 5.88 Å². The zero-order valence-electron chi connectivity index (χ0n) is 21.0. The van der Waals surface area contributed by atoms with Gasteiger partial charge < -0.3 is 4.74 Å². The van der Waals surface area contributed by atoms with Crippen molar-refractivity contribution >= 4 is 6.08 Å². The van der Waals surface area contributed by atoms with Gasteiger partial charge in [-0.3, -0.25) is 9.36 Å². The summed E-state index contributed by atoms with van der Waals surface area (Å²) in [6, 6.07) is 16.7. The Morgan fingerprint density at radius 1 is 1.03 bits per heavy atom. The maximum Gasteiger partial charge on any atom is 0.213 e. The number of ether oxygens (including phenoxy) is 1. The van der Waals surface area contributed by atoms with Gasteiger partial charge in [0.15, 0.2) is 0 Å². The Kier molecular flexibility index (Phi) is 8.49. The molecule has 35 heavy (non-hydrogen) atoms. The van der Waals surface area contributed by atoms with E-state index in [9.17, 15) is 0 Å². The zero-order chi connectivity index (χ0) is 24.5. The third-order valence-electron chi connectivity index (χ3n) is 5.92. The number of aromatic nitrogens is 5. The molecule has 0 aliphatic heterocycles. The summed E-state index contributed by atoms with van der Waals surface area (Å²) in [4.78, 5) is 4.56. The Bertz CT molecular complexity index is 1210. The fourth-order valence-electron chi connectivity index (χ4n) is 3.94. The lowest BCUT2D eigenvalue weighted by atomic mass is 10.1. The first-order valence-corrected chi connectivity index (χ1v) is 12.5. The normalized spacial score (nSPS) is 12.3. The molecule has 0 N–H and O–H groups in total. The van der Waals surface area contributed by atoms with Gasteiger partial charge >= 0.3 is 0 Å². The molecule has 6 heteroatoms. The number of rotatable bonds is 12. The minimum absolute atomic E-state index is 0.0478. The van der Waals surface area contributed by atoms with E-state index in [0.29, 0.717) is 5.88 Å². The first-order valence-electron chi connectivity index (χ1n) is 12.5. The number of benzene rings is 1. The molecule has 3 aromatic heterocycles. The van der Waals surface area contributed by atoms with Crippen molar-refractivity contribution in [3.63, 3.8) is 0 Å². The van der Waals surface area contributed by atoms with E-state index in [1.807, 2.05) is 29.2 Å². The Hall–Kier alpha value is -3.67. The molecule has 1 aromatic carbocycles. The second-order valence-corrected chi connectivity index (χ2v) is 8.87. The Balaban J connectivity index is 1.32. The molecule has 1 unspecified atom stereocenters. The summed E-state index contributed by atoms with van der Waals surface area (Å²) < 4.78 is 10.1. The Morgan fingerprint density at radius 2 is 1.89 bits per heavy atom. The molecule has 4 rings (SSSR count). The molecule has 6 nitrogen and oxygen atoms in total. The van der Waals surface area contributed by atoms with Crippen LogP contribution in [0.3, 0.4) is 0 Å². The van der Waals surface area contributed by atoms with E-state index in [0.717, 1.165) is 55.6 Å². The van der Waals surface area contributed by atoms with Crippen molar-refractivity contribution in [2.24, 2.45) is 0 Å². The summed E-state index contributed by atoms with van der Waals surface area (Å²) in [5, 5.41) is 9.23. The van der Waals surface area contributed by atoms with Crippen molar-refractivity contribution in [2.75, 3.05) is 0 Å². The number of hydrogen-bond acceptors (Lipinski definition) is 4. The summed E-state index contributed by atoms with van der Waals surface area (Å²) in [6.07, 6.45) is 13.8. The van der Waals surface area contributed by atoms with Crippen LogP contribution in [0.25, 0.3) is 6.08 Å². The van der Waals surface area contributed by atoms with Crippen molar-refractivity contribution in [1.82, 2.24) is 24.5 Å². The monoisotopic (exact) mass is 469 g/mol. The standard InChI is InChI=1S/C29H35N5O/c1-4-6-10-26-20-31-33(21-26)16-15-23(3)35-29-14-13-25(19-30-29)17-28-18-27(5-2)32-34(28)22-24-11-8-7-9-12-24/h6-14,18-21,23H,4-5,15-17,22H2,1-3H3/b10-6+. The minimum atomic E-state index is 0.0478. The molecular formula is C29H35N5O. The largest absolute Gasteiger partial charge is 0.475 e. The molecular weight excluding hydrogens is 434 g/mol. The molecule has 0 aliphatic rings. The summed E-state index contributed by atoms with van der Waals surface area (Å²) in [5.74, 6) is 0.653. The Morgan fingerprint density at radius 3 is 2.63 bits per heavy atom. The predicted octanol–water partition coefficient (Wildman–Crippen LogP) is 5.96. The van der Waals surface area contributed by atoms with Gasteiger partial charge in [-0.15, -0.1) is 0 Å². The molecule has 3 heterocycles. The van der Waals surface area contributed by atoms with E-state index >= 15 is 0 Å². The average Bonchev–Trinajstić information content (AvgIpc) is 3.50. The fourth-order valence-corrected chi connectivity index (χ4v) is 3.94. The topological polar surface area (TPSA) is 57.8 Å². The second-order valence-electron chi connectivity index (χ2n) is 8.87. The van der Waals surface area contributed by atoms with E-state index < -0.39 is 0 Å². The first kappa shape index (κ1) is 24.5. The van der Waals surface area contributed by atoms with Crippen molar-refractivity contribution in [2.45, 2.75) is 65.6 Å². The lowest BCUT2D eigenvalue weighted by molar-refractivity contribution is 0.194. The highest BCUT2D eigenvalue weighted by Gasteiger charge is 2.11. The molecule has 0 amide bonds. The average molecular weight is 470 g/mol. The van der Waals surface area contributed by atoms with Crippen LogP contribution in [0.15, 0.2) is 73.2 Å². The van der Waals surface area contributed by atoms with Crippen LogP contribution >= 0.6 is 0 Å². The van der Waals surface area contributed by atoms with Gasteiger partial charge in [-0.1, -0.05) is 62.4 Å². The highest BCUT2D eigenvalue weighted by atomic mass is 16.5. The highest BCUT2D eigenvalue weighted by molar-refractivity contribution is 5.46. The van der Waals surface area contributed by atoms with E-state index in [1.54, 1.807) is 0 Å². The van der Waals surface area contributed by atoms with Gasteiger partial charge in [0.25, 0.3) is 0 Å². The first-order chi connectivity index (χ1) is 17.1. The van der Waals surface area contributed by atoms with E-state index in [1.165, 1.54) is 11.3 Å². The quantitative estimate of drug-likeness (QED) is 0.257. The summed E-state index contributed by atoms with van der Waals surface area (Å²) >= 11 is 0. The van der Waals surface area contributed by atoms with Crippen LogP contribution in [-0.4, -0.2) is 30.6 Å². The second kappa shape index (κ2) is 12.2. The van der Waals surface area contributed by atoms with Crippen LogP contribution in [0.5, 0.6) is 5.88 Å². The maximum absolute atomic E-state index is 6.05. The number of aryl methyl sites for hydroxylation is 2. The fraction of sp³-hybridized carbons (Fsp3) is 0.345. The predicted molar refractivity (Wildman–Crippen MR) is 140 cm³/mol. The summed E-state index contributed by atoms with van der Waals surface area (Å²) in [7, 11) is 0. The summed E-state index contributed by atoms with van der Waals surface area (Å²) in [5.41, 5.74) is 5.84. The van der Waals surface area contributed by atoms with Gasteiger partial charge in [0, 0.05) is 49.1 Å². The lowest BCUT2D eigenvalue weighted by Crippen LogP contribution is -2.16. The lowest BCUT2D eigenvalue weighted by Gasteiger charge is -2.14. The van der Waals surface area contributed by atoms with E-state index in [2.05, 4.69) is 90.3 Å². The smallest absolute Gasteiger partial charge is 0.213 e. The van der Waals surface area contributed by atoms with Crippen LogP contribution in [0.2, 0.25) is 0 Å². The van der Waals surface area contributed by atoms with Gasteiger partial charge in [0.1, 0.15) is 0 Å². The van der Waals surface area contributed by atoms with E-state index in [-0.39, 0.29) is 6.10 Å². The van der Waals surface area contributed by atoms with Gasteiger partial charge in [-0.25, -0.2) is 4.98 Å². The highest BCUT2D eigenvalue weighted by Crippen LogP contribution is 2.17. The van der Waals surface area contributed by atoms with Crippen LogP contribution in [-0.2, 0) is 25.9 Å². The molecule has 0 saturated carbocycles. The maximum atomic E-state index is 6.05. The third kappa shape index (κ3) is 7.15. The molecule has 0 radical (unpaired) electrons. The molecule has 182 valence electrons. The molecule has 0 fully saturated rings. The van der Waals surface area contributed by atoms with Gasteiger partial charge in [-0.2, -0.15) is 10.2 Å². The summed E-state index contributed by atoms with van der Waals surface area (Å²) in [6.45, 7) is 7.93. The molecule has 0 bridgehead atoms. The van der Waals surface area contributed by atoms with Crippen LogP contribution in [0.4, 0.5) is 0 Å².